The van der Waals surface area contributed by atoms with Gasteiger partial charge in [-0.05, 0) is 24.6 Å². The topological polar surface area (TPSA) is 75.9 Å². The first-order valence-corrected chi connectivity index (χ1v) is 11.7. The molecule has 0 spiro atoms. The molecule has 35 heavy (non-hydrogen) atoms. The Morgan fingerprint density at radius 2 is 1.94 bits per heavy atom. The van der Waals surface area contributed by atoms with Crippen LogP contribution in [0.1, 0.15) is 37.7 Å². The van der Waals surface area contributed by atoms with Gasteiger partial charge in [-0.1, -0.05) is 30.3 Å². The summed E-state index contributed by atoms with van der Waals surface area (Å²) in [4.78, 5) is 24.8. The van der Waals surface area contributed by atoms with Crippen LogP contribution in [0.2, 0.25) is 0 Å². The number of aromatic nitrogens is 4. The molecule has 11 heteroatoms. The fourth-order valence-corrected chi connectivity index (χ4v) is 5.03. The van der Waals surface area contributed by atoms with E-state index >= 15 is 0 Å². The van der Waals surface area contributed by atoms with Crippen LogP contribution in [0.5, 0.6) is 0 Å². The van der Waals surface area contributed by atoms with Crippen LogP contribution in [0.3, 0.4) is 0 Å². The molecule has 4 aromatic rings. The fourth-order valence-electron chi connectivity index (χ4n) is 3.99. The van der Waals surface area contributed by atoms with Crippen LogP contribution in [0.15, 0.2) is 54.9 Å². The molecule has 0 unspecified atom stereocenters. The first-order valence-electron chi connectivity index (χ1n) is 10.9. The number of pyridine rings is 1. The number of hydrogen-bond donors (Lipinski definition) is 1. The molecule has 1 amide bonds. The van der Waals surface area contributed by atoms with Crippen LogP contribution < -0.4 is 5.32 Å². The summed E-state index contributed by atoms with van der Waals surface area (Å²) in [5.41, 5.74) is 2.16. The van der Waals surface area contributed by atoms with Crippen molar-refractivity contribution in [2.45, 2.75) is 32.6 Å². The van der Waals surface area contributed by atoms with Gasteiger partial charge in [0.2, 0.25) is 0 Å². The summed E-state index contributed by atoms with van der Waals surface area (Å²) in [5.74, 6) is -0.189. The third-order valence-corrected chi connectivity index (χ3v) is 6.82. The number of nitrogens with one attached hydrogen (secondary N) is 1. The summed E-state index contributed by atoms with van der Waals surface area (Å²) in [5, 5.41) is 7.50. The summed E-state index contributed by atoms with van der Waals surface area (Å²) in [6.45, 7) is 4.19. The van der Waals surface area contributed by atoms with Gasteiger partial charge in [0, 0.05) is 37.1 Å². The first kappa shape index (κ1) is 23.2. The third-order valence-electron chi connectivity index (χ3n) is 5.83. The molecule has 0 aliphatic carbocycles. The normalized spacial score (nSPS) is 14.1. The van der Waals surface area contributed by atoms with Crippen molar-refractivity contribution in [3.63, 3.8) is 0 Å². The molecule has 0 saturated carbocycles. The Morgan fingerprint density at radius 3 is 2.66 bits per heavy atom. The minimum absolute atomic E-state index is 0.192. The van der Waals surface area contributed by atoms with Crippen molar-refractivity contribution < 1.29 is 18.0 Å². The van der Waals surface area contributed by atoms with Crippen LogP contribution in [-0.4, -0.2) is 37.1 Å². The number of anilines is 1. The van der Waals surface area contributed by atoms with E-state index in [0.717, 1.165) is 48.9 Å². The number of nitrogens with zero attached hydrogens (tertiary/aromatic N) is 5. The molecule has 4 heterocycles. The molecule has 0 bridgehead atoms. The summed E-state index contributed by atoms with van der Waals surface area (Å²) < 4.78 is 39.7. The van der Waals surface area contributed by atoms with E-state index < -0.39 is 11.7 Å². The predicted molar refractivity (Wildman–Crippen MR) is 125 cm³/mol. The summed E-state index contributed by atoms with van der Waals surface area (Å²) in [6, 6.07) is 12.4. The average Bonchev–Trinajstić information content (AvgIpc) is 3.41. The van der Waals surface area contributed by atoms with Gasteiger partial charge in [-0.15, -0.1) is 11.3 Å². The predicted octanol–water partition coefficient (Wildman–Crippen LogP) is 4.86. The minimum atomic E-state index is -4.47. The van der Waals surface area contributed by atoms with E-state index in [2.05, 4.69) is 37.4 Å². The van der Waals surface area contributed by atoms with Crippen LogP contribution in [0, 0.1) is 6.92 Å². The summed E-state index contributed by atoms with van der Waals surface area (Å²) >= 11 is 1.45. The zero-order chi connectivity index (χ0) is 24.6. The number of carbonyl (C=O) groups excluding carboxylic acids is 1. The first-order chi connectivity index (χ1) is 16.8. The Bertz CT molecular complexity index is 1350. The van der Waals surface area contributed by atoms with E-state index in [1.807, 2.05) is 18.2 Å². The van der Waals surface area contributed by atoms with Crippen LogP contribution in [0.4, 0.5) is 18.3 Å². The molecule has 5 rings (SSSR count). The van der Waals surface area contributed by atoms with E-state index in [-0.39, 0.29) is 11.7 Å². The lowest BCUT2D eigenvalue weighted by atomic mass is 10.1. The van der Waals surface area contributed by atoms with Crippen LogP contribution in [0.25, 0.3) is 5.82 Å². The van der Waals surface area contributed by atoms with E-state index in [4.69, 9.17) is 0 Å². The molecule has 0 radical (unpaired) electrons. The monoisotopic (exact) mass is 498 g/mol. The van der Waals surface area contributed by atoms with Gasteiger partial charge in [-0.3, -0.25) is 15.0 Å². The zero-order valence-electron chi connectivity index (χ0n) is 18.7. The van der Waals surface area contributed by atoms with Gasteiger partial charge in [-0.2, -0.15) is 18.3 Å². The van der Waals surface area contributed by atoms with Gasteiger partial charge >= 0.3 is 6.18 Å². The van der Waals surface area contributed by atoms with Gasteiger partial charge in [0.05, 0.1) is 28.7 Å². The molecule has 0 fully saturated rings. The Hall–Kier alpha value is -3.57. The second-order valence-electron chi connectivity index (χ2n) is 8.25. The maximum absolute atomic E-state index is 12.9. The lowest BCUT2D eigenvalue weighted by Crippen LogP contribution is -2.29. The standard InChI is InChI=1S/C24H21F3N6OS/c1-15-18(12-29-33(15)21-8-7-17(11-28-21)24(25,26)27)22(34)31-23-30-19-9-10-32(14-20(19)35-23)13-16-5-3-2-4-6-16/h2-8,11-12H,9-10,13-14H2,1H3,(H,30,31,34). The number of amides is 1. The summed E-state index contributed by atoms with van der Waals surface area (Å²) in [7, 11) is 0. The Kier molecular flexibility index (Phi) is 6.12. The van der Waals surface area contributed by atoms with Gasteiger partial charge in [0.1, 0.15) is 0 Å². The lowest BCUT2D eigenvalue weighted by molar-refractivity contribution is -0.137. The smallest absolute Gasteiger partial charge is 0.298 e. The van der Waals surface area contributed by atoms with Gasteiger partial charge in [0.25, 0.3) is 5.91 Å². The number of hydrogen-bond acceptors (Lipinski definition) is 6. The fraction of sp³-hybridized carbons (Fsp3) is 0.250. The molecule has 7 nitrogen and oxygen atoms in total. The Labute approximate surface area is 203 Å². The maximum atomic E-state index is 12.9. The third kappa shape index (κ3) is 4.96. The second kappa shape index (κ2) is 9.23. The molecule has 1 aliphatic rings. The number of benzene rings is 1. The van der Waals surface area contributed by atoms with Crippen LogP contribution >= 0.6 is 11.3 Å². The van der Waals surface area contributed by atoms with Crippen LogP contribution in [-0.2, 0) is 25.7 Å². The van der Waals surface area contributed by atoms with E-state index in [0.29, 0.717) is 16.4 Å². The number of alkyl halides is 3. The van der Waals surface area contributed by atoms with Crippen molar-refractivity contribution in [1.29, 1.82) is 0 Å². The SMILES string of the molecule is Cc1c(C(=O)Nc2nc3c(s2)CN(Cc2ccccc2)CC3)cnn1-c1ccc(C(F)(F)F)cn1. The van der Waals surface area contributed by atoms with Crippen molar-refractivity contribution in [3.05, 3.63) is 87.8 Å². The van der Waals surface area contributed by atoms with Gasteiger partial charge < -0.3 is 0 Å². The molecular formula is C24H21F3N6OS. The zero-order valence-corrected chi connectivity index (χ0v) is 19.5. The number of thiazole rings is 1. The maximum Gasteiger partial charge on any atom is 0.417 e. The minimum Gasteiger partial charge on any atom is -0.298 e. The number of fused-ring (bicyclic) bond motifs is 1. The van der Waals surface area contributed by atoms with Gasteiger partial charge in [0.15, 0.2) is 10.9 Å². The Morgan fingerprint density at radius 1 is 1.14 bits per heavy atom. The number of carbonyl (C=O) groups is 1. The van der Waals surface area contributed by atoms with E-state index in [1.54, 1.807) is 6.92 Å². The molecule has 0 saturated heterocycles. The molecule has 3 aromatic heterocycles. The molecule has 1 aromatic carbocycles. The van der Waals surface area contributed by atoms with Crippen molar-refractivity contribution in [2.75, 3.05) is 11.9 Å². The number of halogens is 3. The van der Waals surface area contributed by atoms with E-state index in [9.17, 15) is 18.0 Å². The molecule has 0 atom stereocenters. The van der Waals surface area contributed by atoms with Gasteiger partial charge in [-0.25, -0.2) is 14.6 Å². The number of rotatable bonds is 5. The second-order valence-corrected chi connectivity index (χ2v) is 9.33. The Balaban J connectivity index is 1.27. The largest absolute Gasteiger partial charge is 0.417 e. The molecule has 180 valence electrons. The highest BCUT2D eigenvalue weighted by atomic mass is 32.1. The van der Waals surface area contributed by atoms with Crippen molar-refractivity contribution in [2.24, 2.45) is 0 Å². The molecular weight excluding hydrogens is 477 g/mol. The highest BCUT2D eigenvalue weighted by Crippen LogP contribution is 2.30. The average molecular weight is 499 g/mol. The van der Waals surface area contributed by atoms with E-state index in [1.165, 1.54) is 33.8 Å². The summed E-state index contributed by atoms with van der Waals surface area (Å²) in [6.07, 6.45) is -1.54. The van der Waals surface area contributed by atoms with Crippen molar-refractivity contribution in [1.82, 2.24) is 24.6 Å². The molecule has 1 aliphatic heterocycles. The quantitative estimate of drug-likeness (QED) is 0.425. The highest BCUT2D eigenvalue weighted by Gasteiger charge is 2.31. The highest BCUT2D eigenvalue weighted by molar-refractivity contribution is 7.15. The molecule has 1 N–H and O–H groups in total. The van der Waals surface area contributed by atoms with Crippen molar-refractivity contribution in [3.8, 4) is 5.82 Å². The van der Waals surface area contributed by atoms with Crippen molar-refractivity contribution >= 4 is 22.4 Å². The lowest BCUT2D eigenvalue weighted by Gasteiger charge is -2.25.